The Morgan fingerprint density at radius 3 is 2.42 bits per heavy atom. The molecule has 0 bridgehead atoms. The van der Waals surface area contributed by atoms with E-state index in [4.69, 9.17) is 4.74 Å². The van der Waals surface area contributed by atoms with Crippen molar-refractivity contribution in [2.75, 3.05) is 31.6 Å². The smallest absolute Gasteiger partial charge is 0.258 e. The fourth-order valence-corrected chi connectivity index (χ4v) is 3.87. The van der Waals surface area contributed by atoms with Crippen molar-refractivity contribution >= 4 is 22.4 Å². The van der Waals surface area contributed by atoms with E-state index in [0.29, 0.717) is 18.0 Å². The molecule has 4 rings (SSSR count). The number of nitrogens with zero attached hydrogens (tertiary/aromatic N) is 3. The predicted molar refractivity (Wildman–Crippen MR) is 135 cm³/mol. The highest BCUT2D eigenvalue weighted by molar-refractivity contribution is 5.85. The second kappa shape index (κ2) is 10.3. The van der Waals surface area contributed by atoms with E-state index in [1.165, 1.54) is 0 Å². The third-order valence-electron chi connectivity index (χ3n) is 5.89. The lowest BCUT2D eigenvalue weighted by Gasteiger charge is -2.18. The van der Waals surface area contributed by atoms with Gasteiger partial charge in [-0.2, -0.15) is 0 Å². The average molecular weight is 443 g/mol. The normalized spacial score (nSPS) is 11.2. The van der Waals surface area contributed by atoms with Crippen molar-refractivity contribution in [2.24, 2.45) is 7.05 Å². The van der Waals surface area contributed by atoms with Gasteiger partial charge in [-0.15, -0.1) is 0 Å². The van der Waals surface area contributed by atoms with Crippen LogP contribution in [0.3, 0.4) is 0 Å². The van der Waals surface area contributed by atoms with Crippen LogP contribution in [-0.2, 0) is 7.05 Å². The molecule has 0 aliphatic carbocycles. The van der Waals surface area contributed by atoms with Crippen LogP contribution >= 0.6 is 0 Å². The fraction of sp³-hybridized carbons (Fsp3) is 0.259. The lowest BCUT2D eigenvalue weighted by molar-refractivity contribution is 0.223. The maximum Gasteiger partial charge on any atom is 0.258 e. The number of hydrogen-bond acceptors (Lipinski definition) is 5. The van der Waals surface area contributed by atoms with Crippen LogP contribution in [0.1, 0.15) is 13.8 Å². The molecule has 2 heterocycles. The summed E-state index contributed by atoms with van der Waals surface area (Å²) in [6.07, 6.45) is 1.80. The van der Waals surface area contributed by atoms with Crippen molar-refractivity contribution in [3.63, 3.8) is 0 Å². The Labute approximate surface area is 194 Å². The van der Waals surface area contributed by atoms with Crippen LogP contribution in [-0.4, -0.2) is 40.7 Å². The van der Waals surface area contributed by atoms with E-state index in [1.54, 1.807) is 17.8 Å². The SMILES string of the molecule is CCN(CC)CCOc1ccc(Nc2cc3c(cn2)cc(-c2ccccc2)c(=O)n3C)cc1. The molecule has 0 aliphatic heterocycles. The lowest BCUT2D eigenvalue weighted by atomic mass is 10.1. The van der Waals surface area contributed by atoms with Crippen molar-refractivity contribution in [3.05, 3.63) is 83.3 Å². The number of rotatable bonds is 9. The Balaban J connectivity index is 1.49. The number of ether oxygens (including phenoxy) is 1. The summed E-state index contributed by atoms with van der Waals surface area (Å²) in [5.74, 6) is 1.52. The molecule has 0 saturated heterocycles. The van der Waals surface area contributed by atoms with Crippen LogP contribution in [0.15, 0.2) is 77.7 Å². The molecule has 0 radical (unpaired) electrons. The molecule has 33 heavy (non-hydrogen) atoms. The molecular weight excluding hydrogens is 412 g/mol. The minimum atomic E-state index is -0.0305. The number of fused-ring (bicyclic) bond motifs is 1. The number of pyridine rings is 2. The van der Waals surface area contributed by atoms with Crippen LogP contribution in [0, 0.1) is 0 Å². The van der Waals surface area contributed by atoms with E-state index in [0.717, 1.165) is 47.5 Å². The molecule has 0 saturated carbocycles. The lowest BCUT2D eigenvalue weighted by Crippen LogP contribution is -2.27. The van der Waals surface area contributed by atoms with Crippen molar-refractivity contribution in [2.45, 2.75) is 13.8 Å². The summed E-state index contributed by atoms with van der Waals surface area (Å²) < 4.78 is 7.53. The summed E-state index contributed by atoms with van der Waals surface area (Å²) in [7, 11) is 1.80. The van der Waals surface area contributed by atoms with Gasteiger partial charge < -0.3 is 19.5 Å². The van der Waals surface area contributed by atoms with E-state index < -0.39 is 0 Å². The number of anilines is 2. The minimum absolute atomic E-state index is 0.0305. The number of benzene rings is 2. The number of aryl methyl sites for hydroxylation is 1. The molecule has 0 unspecified atom stereocenters. The molecule has 1 N–H and O–H groups in total. The van der Waals surface area contributed by atoms with E-state index in [2.05, 4.69) is 29.0 Å². The third-order valence-corrected chi connectivity index (χ3v) is 5.89. The second-order valence-electron chi connectivity index (χ2n) is 7.94. The van der Waals surface area contributed by atoms with E-state index >= 15 is 0 Å². The average Bonchev–Trinajstić information content (AvgIpc) is 2.86. The first kappa shape index (κ1) is 22.6. The number of nitrogens with one attached hydrogen (secondary N) is 1. The van der Waals surface area contributed by atoms with Gasteiger partial charge in [-0.25, -0.2) is 4.98 Å². The number of likely N-dealkylation sites (N-methyl/N-ethyl adjacent to an activating group) is 1. The van der Waals surface area contributed by atoms with Gasteiger partial charge in [0.15, 0.2) is 0 Å². The largest absolute Gasteiger partial charge is 0.492 e. The third kappa shape index (κ3) is 5.23. The molecule has 0 amide bonds. The van der Waals surface area contributed by atoms with Crippen molar-refractivity contribution in [1.29, 1.82) is 0 Å². The summed E-state index contributed by atoms with van der Waals surface area (Å²) >= 11 is 0. The molecule has 2 aromatic heterocycles. The second-order valence-corrected chi connectivity index (χ2v) is 7.94. The molecule has 4 aromatic rings. The van der Waals surface area contributed by atoms with Gasteiger partial charge in [-0.1, -0.05) is 44.2 Å². The zero-order valence-electron chi connectivity index (χ0n) is 19.4. The van der Waals surface area contributed by atoms with Gasteiger partial charge >= 0.3 is 0 Å². The summed E-state index contributed by atoms with van der Waals surface area (Å²) in [5, 5.41) is 4.23. The molecule has 0 aliphatic rings. The van der Waals surface area contributed by atoms with Gasteiger partial charge in [0.2, 0.25) is 0 Å². The van der Waals surface area contributed by atoms with Crippen molar-refractivity contribution < 1.29 is 4.74 Å². The monoisotopic (exact) mass is 442 g/mol. The first-order valence-electron chi connectivity index (χ1n) is 11.4. The first-order chi connectivity index (χ1) is 16.1. The quantitative estimate of drug-likeness (QED) is 0.392. The zero-order valence-corrected chi connectivity index (χ0v) is 19.4. The Hall–Kier alpha value is -3.64. The Bertz CT molecular complexity index is 1260. The fourth-order valence-electron chi connectivity index (χ4n) is 3.87. The van der Waals surface area contributed by atoms with Crippen molar-refractivity contribution in [1.82, 2.24) is 14.5 Å². The molecule has 0 atom stereocenters. The van der Waals surface area contributed by atoms with E-state index in [-0.39, 0.29) is 5.56 Å². The Kier molecular flexibility index (Phi) is 7.05. The molecular formula is C27H30N4O2. The van der Waals surface area contributed by atoms with Crippen LogP contribution in [0.25, 0.3) is 22.0 Å². The summed E-state index contributed by atoms with van der Waals surface area (Å²) in [4.78, 5) is 19.8. The summed E-state index contributed by atoms with van der Waals surface area (Å²) in [6, 6.07) is 21.4. The molecule has 0 fully saturated rings. The molecule has 6 nitrogen and oxygen atoms in total. The number of aromatic nitrogens is 2. The molecule has 2 aromatic carbocycles. The van der Waals surface area contributed by atoms with Gasteiger partial charge in [0, 0.05) is 42.5 Å². The maximum atomic E-state index is 13.0. The van der Waals surface area contributed by atoms with Crippen LogP contribution in [0.2, 0.25) is 0 Å². The standard InChI is InChI=1S/C27H30N4O2/c1-4-31(5-2)15-16-33-23-13-11-22(12-14-23)29-26-18-25-21(19-28-26)17-24(27(32)30(25)3)20-9-7-6-8-10-20/h6-14,17-19H,4-5,15-16H2,1-3H3,(H,28,29). The Morgan fingerprint density at radius 2 is 1.73 bits per heavy atom. The minimum Gasteiger partial charge on any atom is -0.492 e. The first-order valence-corrected chi connectivity index (χ1v) is 11.4. The van der Waals surface area contributed by atoms with Gasteiger partial charge in [0.05, 0.1) is 5.52 Å². The van der Waals surface area contributed by atoms with Gasteiger partial charge in [0.25, 0.3) is 5.56 Å². The maximum absolute atomic E-state index is 13.0. The Morgan fingerprint density at radius 1 is 1.00 bits per heavy atom. The van der Waals surface area contributed by atoms with E-state index in [1.807, 2.05) is 66.7 Å². The highest BCUT2D eigenvalue weighted by atomic mass is 16.5. The van der Waals surface area contributed by atoms with Crippen LogP contribution in [0.4, 0.5) is 11.5 Å². The predicted octanol–water partition coefficient (Wildman–Crippen LogP) is 5.06. The molecule has 6 heteroatoms. The summed E-state index contributed by atoms with van der Waals surface area (Å²) in [5.41, 5.74) is 3.28. The van der Waals surface area contributed by atoms with E-state index in [9.17, 15) is 4.79 Å². The summed E-state index contributed by atoms with van der Waals surface area (Å²) in [6.45, 7) is 7.95. The van der Waals surface area contributed by atoms with Crippen LogP contribution < -0.4 is 15.6 Å². The zero-order chi connectivity index (χ0) is 23.2. The van der Waals surface area contributed by atoms with Gasteiger partial charge in [-0.3, -0.25) is 4.79 Å². The molecule has 170 valence electrons. The highest BCUT2D eigenvalue weighted by Gasteiger charge is 2.10. The number of hydrogen-bond donors (Lipinski definition) is 1. The van der Waals surface area contributed by atoms with Gasteiger partial charge in [-0.05, 0) is 49.0 Å². The highest BCUT2D eigenvalue weighted by Crippen LogP contribution is 2.24. The van der Waals surface area contributed by atoms with Crippen LogP contribution in [0.5, 0.6) is 5.75 Å². The molecule has 0 spiro atoms. The topological polar surface area (TPSA) is 59.4 Å². The van der Waals surface area contributed by atoms with Gasteiger partial charge in [0.1, 0.15) is 18.2 Å². The van der Waals surface area contributed by atoms with Crippen molar-refractivity contribution in [3.8, 4) is 16.9 Å².